The molecule has 2 aromatic rings. The highest BCUT2D eigenvalue weighted by Gasteiger charge is 2.16. The van der Waals surface area contributed by atoms with Crippen LogP contribution in [0.2, 0.25) is 0 Å². The molecule has 2 rings (SSSR count). The number of unbranched alkanes of at least 4 members (excludes halogenated alkanes) is 6. The molecule has 3 N–H and O–H groups in total. The maximum atomic E-state index is 13.1. The van der Waals surface area contributed by atoms with Crippen LogP contribution in [-0.2, 0) is 4.79 Å². The molecule has 37 heavy (non-hydrogen) atoms. The van der Waals surface area contributed by atoms with Gasteiger partial charge in [0.15, 0.2) is 11.6 Å². The number of hydrogen-bond acceptors (Lipinski definition) is 6. The molecule has 0 radical (unpaired) electrons. The zero-order valence-electron chi connectivity index (χ0n) is 23.7. The number of aromatic nitrogens is 2. The van der Waals surface area contributed by atoms with Crippen LogP contribution in [0.4, 0.5) is 23.0 Å². The molecule has 1 amide bonds. The van der Waals surface area contributed by atoms with Gasteiger partial charge in [-0.1, -0.05) is 77.5 Å². The van der Waals surface area contributed by atoms with Crippen molar-refractivity contribution in [3.05, 3.63) is 36.2 Å². The van der Waals surface area contributed by atoms with Crippen molar-refractivity contribution < 1.29 is 4.79 Å². The standard InChI is InChI=1S/C30H50N6O/c1-5-8-10-15-21-31-29-28(30(34-25(4)33-29)32-22-16-11-9-6-2)35-27(37)20-17-24-36(23-7-3)26-18-13-12-14-19-26/h12-14,18-19H,5-11,15-17,20-24H2,1-4H3,(H,35,37)(H2,31,32,33,34). The van der Waals surface area contributed by atoms with Crippen LogP contribution in [0.15, 0.2) is 30.3 Å². The Morgan fingerprint density at radius 3 is 1.89 bits per heavy atom. The number of hydrogen-bond donors (Lipinski definition) is 3. The monoisotopic (exact) mass is 510 g/mol. The lowest BCUT2D eigenvalue weighted by molar-refractivity contribution is -0.116. The zero-order valence-corrected chi connectivity index (χ0v) is 23.7. The fraction of sp³-hybridized carbons (Fsp3) is 0.633. The summed E-state index contributed by atoms with van der Waals surface area (Å²) in [7, 11) is 0. The molecular formula is C30H50N6O. The van der Waals surface area contributed by atoms with Crippen molar-refractivity contribution in [2.24, 2.45) is 0 Å². The molecule has 0 saturated carbocycles. The first-order valence-corrected chi connectivity index (χ1v) is 14.5. The summed E-state index contributed by atoms with van der Waals surface area (Å²) in [6, 6.07) is 10.4. The van der Waals surface area contributed by atoms with E-state index in [1.807, 2.05) is 13.0 Å². The van der Waals surface area contributed by atoms with E-state index in [-0.39, 0.29) is 5.91 Å². The van der Waals surface area contributed by atoms with Gasteiger partial charge in [0.25, 0.3) is 0 Å². The van der Waals surface area contributed by atoms with Gasteiger partial charge in [-0.2, -0.15) is 0 Å². The predicted octanol–water partition coefficient (Wildman–Crippen LogP) is 7.40. The number of amides is 1. The van der Waals surface area contributed by atoms with Crippen LogP contribution >= 0.6 is 0 Å². The third-order valence-electron chi connectivity index (χ3n) is 6.38. The summed E-state index contributed by atoms with van der Waals surface area (Å²) in [5, 5.41) is 10.1. The van der Waals surface area contributed by atoms with Crippen molar-refractivity contribution in [3.63, 3.8) is 0 Å². The first-order chi connectivity index (χ1) is 18.1. The average Bonchev–Trinajstić information content (AvgIpc) is 2.90. The fourth-order valence-corrected chi connectivity index (χ4v) is 4.38. The third-order valence-corrected chi connectivity index (χ3v) is 6.38. The minimum Gasteiger partial charge on any atom is -0.372 e. The smallest absolute Gasteiger partial charge is 0.224 e. The molecule has 0 unspecified atom stereocenters. The van der Waals surface area contributed by atoms with Crippen LogP contribution in [0.5, 0.6) is 0 Å². The van der Waals surface area contributed by atoms with Crippen molar-refractivity contribution in [3.8, 4) is 0 Å². The van der Waals surface area contributed by atoms with E-state index >= 15 is 0 Å². The Balaban J connectivity index is 2.04. The van der Waals surface area contributed by atoms with Gasteiger partial charge in [-0.05, 0) is 44.7 Å². The van der Waals surface area contributed by atoms with Crippen molar-refractivity contribution in [1.82, 2.24) is 9.97 Å². The molecule has 1 heterocycles. The minimum absolute atomic E-state index is 0.0000270. The van der Waals surface area contributed by atoms with Gasteiger partial charge in [0, 0.05) is 38.3 Å². The van der Waals surface area contributed by atoms with Crippen LogP contribution in [0.3, 0.4) is 0 Å². The molecule has 0 atom stereocenters. The quantitative estimate of drug-likeness (QED) is 0.161. The first-order valence-electron chi connectivity index (χ1n) is 14.5. The Hall–Kier alpha value is -2.83. The lowest BCUT2D eigenvalue weighted by Crippen LogP contribution is -2.26. The highest BCUT2D eigenvalue weighted by atomic mass is 16.1. The number of nitrogens with one attached hydrogen (secondary N) is 3. The maximum absolute atomic E-state index is 13.1. The minimum atomic E-state index is 0.0000270. The number of carbonyl (C=O) groups excluding carboxylic acids is 1. The molecular weight excluding hydrogens is 460 g/mol. The second-order valence-corrected chi connectivity index (χ2v) is 9.79. The van der Waals surface area contributed by atoms with Crippen LogP contribution in [0.25, 0.3) is 0 Å². The van der Waals surface area contributed by atoms with E-state index in [0.717, 1.165) is 51.9 Å². The lowest BCUT2D eigenvalue weighted by Gasteiger charge is -2.24. The summed E-state index contributed by atoms with van der Waals surface area (Å²) in [5.74, 6) is 2.12. The van der Waals surface area contributed by atoms with Crippen LogP contribution in [0.1, 0.15) is 97.2 Å². The van der Waals surface area contributed by atoms with E-state index < -0.39 is 0 Å². The van der Waals surface area contributed by atoms with E-state index in [1.54, 1.807) is 0 Å². The molecule has 7 heteroatoms. The lowest BCUT2D eigenvalue weighted by atomic mass is 10.2. The van der Waals surface area contributed by atoms with Crippen LogP contribution in [-0.4, -0.2) is 42.1 Å². The number of carbonyl (C=O) groups is 1. The Kier molecular flexibility index (Phi) is 15.1. The molecule has 7 nitrogen and oxygen atoms in total. The van der Waals surface area contributed by atoms with Gasteiger partial charge in [0.05, 0.1) is 0 Å². The molecule has 0 aliphatic rings. The molecule has 0 fully saturated rings. The normalized spacial score (nSPS) is 10.8. The fourth-order valence-electron chi connectivity index (χ4n) is 4.38. The van der Waals surface area contributed by atoms with Crippen LogP contribution < -0.4 is 20.9 Å². The summed E-state index contributed by atoms with van der Waals surface area (Å²) in [4.78, 5) is 24.7. The highest BCUT2D eigenvalue weighted by Crippen LogP contribution is 2.28. The molecule has 1 aromatic heterocycles. The maximum Gasteiger partial charge on any atom is 0.224 e. The second kappa shape index (κ2) is 18.4. The van der Waals surface area contributed by atoms with Crippen molar-refractivity contribution in [2.75, 3.05) is 47.0 Å². The summed E-state index contributed by atoms with van der Waals surface area (Å²) in [5.41, 5.74) is 1.89. The Labute approximate surface area is 225 Å². The molecule has 0 aliphatic carbocycles. The topological polar surface area (TPSA) is 82.2 Å². The van der Waals surface area contributed by atoms with E-state index in [0.29, 0.717) is 29.6 Å². The number of nitrogens with zero attached hydrogens (tertiary/aromatic N) is 3. The summed E-state index contributed by atoms with van der Waals surface area (Å²) in [6.07, 6.45) is 11.7. The van der Waals surface area contributed by atoms with E-state index in [2.05, 4.69) is 75.9 Å². The Bertz CT molecular complexity index is 854. The van der Waals surface area contributed by atoms with Gasteiger partial charge in [0.2, 0.25) is 5.91 Å². The van der Waals surface area contributed by atoms with Crippen LogP contribution in [0, 0.1) is 6.92 Å². The molecule has 0 bridgehead atoms. The molecule has 206 valence electrons. The van der Waals surface area contributed by atoms with Gasteiger partial charge >= 0.3 is 0 Å². The highest BCUT2D eigenvalue weighted by molar-refractivity contribution is 5.97. The molecule has 1 aromatic carbocycles. The molecule has 0 saturated heterocycles. The van der Waals surface area contributed by atoms with Gasteiger partial charge < -0.3 is 20.9 Å². The Morgan fingerprint density at radius 2 is 1.35 bits per heavy atom. The molecule has 0 aliphatic heterocycles. The van der Waals surface area contributed by atoms with Gasteiger partial charge in [-0.3, -0.25) is 4.79 Å². The number of rotatable bonds is 20. The summed E-state index contributed by atoms with van der Waals surface area (Å²) < 4.78 is 0. The van der Waals surface area contributed by atoms with Gasteiger partial charge in [-0.25, -0.2) is 9.97 Å². The van der Waals surface area contributed by atoms with E-state index in [1.165, 1.54) is 44.2 Å². The van der Waals surface area contributed by atoms with Crippen molar-refractivity contribution >= 4 is 28.9 Å². The zero-order chi connectivity index (χ0) is 26.7. The predicted molar refractivity (Wildman–Crippen MR) is 159 cm³/mol. The van der Waals surface area contributed by atoms with Gasteiger partial charge in [-0.15, -0.1) is 0 Å². The number of benzene rings is 1. The second-order valence-electron chi connectivity index (χ2n) is 9.79. The Morgan fingerprint density at radius 1 is 0.757 bits per heavy atom. The van der Waals surface area contributed by atoms with Gasteiger partial charge in [0.1, 0.15) is 11.5 Å². The number of anilines is 4. The van der Waals surface area contributed by atoms with E-state index in [4.69, 9.17) is 0 Å². The first kappa shape index (κ1) is 30.4. The number of para-hydroxylation sites is 1. The largest absolute Gasteiger partial charge is 0.372 e. The van der Waals surface area contributed by atoms with E-state index in [9.17, 15) is 4.79 Å². The molecule has 0 spiro atoms. The SMILES string of the molecule is CCCCCCNc1nc(C)nc(NCCCCCC)c1NC(=O)CCCN(CCC)c1ccccc1. The van der Waals surface area contributed by atoms with Crippen molar-refractivity contribution in [1.29, 1.82) is 0 Å². The summed E-state index contributed by atoms with van der Waals surface area (Å²) in [6.45, 7) is 12.0. The number of aryl methyl sites for hydroxylation is 1. The van der Waals surface area contributed by atoms with Crippen molar-refractivity contribution in [2.45, 2.75) is 98.3 Å². The average molecular weight is 511 g/mol. The summed E-state index contributed by atoms with van der Waals surface area (Å²) >= 11 is 0. The third kappa shape index (κ3) is 11.8.